The fourth-order valence-corrected chi connectivity index (χ4v) is 1.17. The fourth-order valence-electron chi connectivity index (χ4n) is 1.17. The summed E-state index contributed by atoms with van der Waals surface area (Å²) >= 11 is 0. The van der Waals surface area contributed by atoms with E-state index in [9.17, 15) is 0 Å². The quantitative estimate of drug-likeness (QED) is 0.798. The van der Waals surface area contributed by atoms with Gasteiger partial charge in [-0.05, 0) is 5.92 Å². The van der Waals surface area contributed by atoms with Gasteiger partial charge >= 0.3 is 0 Å². The van der Waals surface area contributed by atoms with Crippen LogP contribution in [0.5, 0.6) is 5.88 Å². The van der Waals surface area contributed by atoms with Gasteiger partial charge in [0.15, 0.2) is 5.82 Å². The van der Waals surface area contributed by atoms with Crippen LogP contribution in [0.15, 0.2) is 6.07 Å². The normalized spacial score (nSPS) is 10.6. The van der Waals surface area contributed by atoms with Gasteiger partial charge in [-0.25, -0.2) is 4.98 Å². The molecule has 0 atom stereocenters. The van der Waals surface area contributed by atoms with Crippen molar-refractivity contribution in [2.75, 3.05) is 26.1 Å². The minimum Gasteiger partial charge on any atom is -0.481 e. The van der Waals surface area contributed by atoms with Crippen LogP contribution in [0.2, 0.25) is 0 Å². The van der Waals surface area contributed by atoms with Gasteiger partial charge in [-0.2, -0.15) is 4.98 Å². The van der Waals surface area contributed by atoms with E-state index in [0.717, 1.165) is 12.4 Å². The van der Waals surface area contributed by atoms with Crippen molar-refractivity contribution in [2.45, 2.75) is 20.5 Å². The number of hydrogen-bond acceptors (Lipinski definition) is 5. The highest BCUT2D eigenvalue weighted by Gasteiger charge is 2.05. The molecule has 0 aromatic carbocycles. The van der Waals surface area contributed by atoms with Gasteiger partial charge in [0.2, 0.25) is 5.88 Å². The third-order valence-corrected chi connectivity index (χ3v) is 1.92. The molecular formula is C11H19N3O2. The van der Waals surface area contributed by atoms with Gasteiger partial charge in [0.25, 0.3) is 0 Å². The number of rotatable bonds is 6. The first-order chi connectivity index (χ1) is 7.65. The molecule has 90 valence electrons. The number of ether oxygens (including phenoxy) is 2. The van der Waals surface area contributed by atoms with Crippen molar-refractivity contribution in [2.24, 2.45) is 5.92 Å². The molecule has 1 N–H and O–H groups in total. The van der Waals surface area contributed by atoms with E-state index < -0.39 is 0 Å². The molecule has 0 fully saturated rings. The van der Waals surface area contributed by atoms with E-state index in [4.69, 9.17) is 9.47 Å². The summed E-state index contributed by atoms with van der Waals surface area (Å²) in [6, 6.07) is 1.78. The number of nitrogens with zero attached hydrogens (tertiary/aromatic N) is 2. The van der Waals surface area contributed by atoms with E-state index in [1.165, 1.54) is 0 Å². The average molecular weight is 225 g/mol. The van der Waals surface area contributed by atoms with E-state index in [1.54, 1.807) is 20.3 Å². The standard InChI is InChI=1S/C11H19N3O2/c1-8(2)6-12-9-5-11(16-4)14-10(13-9)7-15-3/h5,8H,6-7H2,1-4H3,(H,12,13,14). The van der Waals surface area contributed by atoms with Gasteiger partial charge in [-0.15, -0.1) is 0 Å². The molecular weight excluding hydrogens is 206 g/mol. The topological polar surface area (TPSA) is 56.3 Å². The van der Waals surface area contributed by atoms with Crippen LogP contribution in [0, 0.1) is 5.92 Å². The summed E-state index contributed by atoms with van der Waals surface area (Å²) in [6.07, 6.45) is 0. The van der Waals surface area contributed by atoms with Crippen molar-refractivity contribution < 1.29 is 9.47 Å². The summed E-state index contributed by atoms with van der Waals surface area (Å²) in [6.45, 7) is 5.53. The lowest BCUT2D eigenvalue weighted by Crippen LogP contribution is -2.11. The Morgan fingerprint density at radius 2 is 2.06 bits per heavy atom. The summed E-state index contributed by atoms with van der Waals surface area (Å²) in [5, 5.41) is 3.23. The van der Waals surface area contributed by atoms with E-state index in [0.29, 0.717) is 24.2 Å². The maximum Gasteiger partial charge on any atom is 0.218 e. The SMILES string of the molecule is COCc1nc(NCC(C)C)cc(OC)n1. The van der Waals surface area contributed by atoms with Crippen LogP contribution in [0.25, 0.3) is 0 Å². The van der Waals surface area contributed by atoms with Gasteiger partial charge in [0.05, 0.1) is 7.11 Å². The second-order valence-electron chi connectivity index (χ2n) is 3.92. The Bertz CT molecular complexity index is 329. The zero-order valence-electron chi connectivity index (χ0n) is 10.3. The molecule has 0 unspecified atom stereocenters. The monoisotopic (exact) mass is 225 g/mol. The maximum atomic E-state index is 5.10. The van der Waals surface area contributed by atoms with Crippen LogP contribution in [0.4, 0.5) is 5.82 Å². The summed E-state index contributed by atoms with van der Waals surface area (Å²) in [5.41, 5.74) is 0. The highest BCUT2D eigenvalue weighted by molar-refractivity contribution is 5.38. The second-order valence-corrected chi connectivity index (χ2v) is 3.92. The zero-order valence-corrected chi connectivity index (χ0v) is 10.3. The predicted octanol–water partition coefficient (Wildman–Crippen LogP) is 1.70. The average Bonchev–Trinajstić information content (AvgIpc) is 2.26. The largest absolute Gasteiger partial charge is 0.481 e. The van der Waals surface area contributed by atoms with Crippen molar-refractivity contribution in [3.63, 3.8) is 0 Å². The van der Waals surface area contributed by atoms with Crippen molar-refractivity contribution in [3.8, 4) is 5.88 Å². The third-order valence-electron chi connectivity index (χ3n) is 1.92. The first-order valence-electron chi connectivity index (χ1n) is 5.30. The lowest BCUT2D eigenvalue weighted by atomic mass is 10.2. The molecule has 0 aliphatic rings. The van der Waals surface area contributed by atoms with Gasteiger partial charge in [0.1, 0.15) is 12.4 Å². The Balaban J connectivity index is 2.77. The van der Waals surface area contributed by atoms with Gasteiger partial charge < -0.3 is 14.8 Å². The van der Waals surface area contributed by atoms with Crippen LogP contribution < -0.4 is 10.1 Å². The summed E-state index contributed by atoms with van der Waals surface area (Å²) in [4.78, 5) is 8.49. The van der Waals surface area contributed by atoms with Crippen LogP contribution in [-0.2, 0) is 11.3 Å². The first-order valence-corrected chi connectivity index (χ1v) is 5.30. The molecule has 5 heteroatoms. The molecule has 5 nitrogen and oxygen atoms in total. The van der Waals surface area contributed by atoms with Crippen LogP contribution in [0.1, 0.15) is 19.7 Å². The zero-order chi connectivity index (χ0) is 12.0. The molecule has 0 saturated carbocycles. The molecule has 0 bridgehead atoms. The Morgan fingerprint density at radius 3 is 2.62 bits per heavy atom. The minimum atomic E-state index is 0.382. The van der Waals surface area contributed by atoms with Crippen LogP contribution in [0.3, 0.4) is 0 Å². The fraction of sp³-hybridized carbons (Fsp3) is 0.636. The Hall–Kier alpha value is -1.36. The van der Waals surface area contributed by atoms with Crippen molar-refractivity contribution >= 4 is 5.82 Å². The molecule has 0 aliphatic heterocycles. The molecule has 0 aliphatic carbocycles. The van der Waals surface area contributed by atoms with Gasteiger partial charge in [-0.3, -0.25) is 0 Å². The lowest BCUT2D eigenvalue weighted by molar-refractivity contribution is 0.177. The molecule has 1 heterocycles. The Kier molecular flexibility index (Phi) is 4.98. The maximum absolute atomic E-state index is 5.10. The highest BCUT2D eigenvalue weighted by Crippen LogP contribution is 2.13. The number of anilines is 1. The van der Waals surface area contributed by atoms with Crippen molar-refractivity contribution in [1.29, 1.82) is 0 Å². The molecule has 16 heavy (non-hydrogen) atoms. The second kappa shape index (κ2) is 6.27. The predicted molar refractivity (Wildman–Crippen MR) is 62.6 cm³/mol. The molecule has 0 amide bonds. The molecule has 1 aromatic heterocycles. The van der Waals surface area contributed by atoms with Gasteiger partial charge in [-0.1, -0.05) is 13.8 Å². The van der Waals surface area contributed by atoms with E-state index >= 15 is 0 Å². The first kappa shape index (κ1) is 12.7. The van der Waals surface area contributed by atoms with E-state index in [2.05, 4.69) is 29.1 Å². The molecule has 1 aromatic rings. The number of aromatic nitrogens is 2. The smallest absolute Gasteiger partial charge is 0.218 e. The number of methoxy groups -OCH3 is 2. The van der Waals surface area contributed by atoms with Gasteiger partial charge in [0, 0.05) is 19.7 Å². The molecule has 1 rings (SSSR count). The lowest BCUT2D eigenvalue weighted by Gasteiger charge is -2.10. The summed E-state index contributed by atoms with van der Waals surface area (Å²) in [7, 11) is 3.20. The summed E-state index contributed by atoms with van der Waals surface area (Å²) < 4.78 is 10.1. The molecule has 0 spiro atoms. The van der Waals surface area contributed by atoms with Crippen molar-refractivity contribution in [1.82, 2.24) is 9.97 Å². The molecule has 0 saturated heterocycles. The van der Waals surface area contributed by atoms with Crippen LogP contribution in [-0.4, -0.2) is 30.7 Å². The van der Waals surface area contributed by atoms with E-state index in [-0.39, 0.29) is 0 Å². The number of nitrogens with one attached hydrogen (secondary N) is 1. The number of hydrogen-bond donors (Lipinski definition) is 1. The summed E-state index contributed by atoms with van der Waals surface area (Å²) in [5.74, 6) is 2.50. The minimum absolute atomic E-state index is 0.382. The van der Waals surface area contributed by atoms with E-state index in [1.807, 2.05) is 0 Å². The third kappa shape index (κ3) is 4.02. The Morgan fingerprint density at radius 1 is 1.31 bits per heavy atom. The molecule has 0 radical (unpaired) electrons. The van der Waals surface area contributed by atoms with Crippen molar-refractivity contribution in [3.05, 3.63) is 11.9 Å². The van der Waals surface area contributed by atoms with Crippen LogP contribution >= 0.6 is 0 Å². The highest BCUT2D eigenvalue weighted by atomic mass is 16.5. The Labute approximate surface area is 96.2 Å².